The van der Waals surface area contributed by atoms with Crippen molar-refractivity contribution in [2.24, 2.45) is 11.1 Å². The SMILES string of the molecule is CC(=O)/C=N/OCCCCCCON. The van der Waals surface area contributed by atoms with Crippen LogP contribution in [-0.4, -0.2) is 25.2 Å². The lowest BCUT2D eigenvalue weighted by molar-refractivity contribution is -0.110. The summed E-state index contributed by atoms with van der Waals surface area (Å²) < 4.78 is 0. The van der Waals surface area contributed by atoms with Gasteiger partial charge in [-0.15, -0.1) is 0 Å². The molecule has 0 aliphatic rings. The zero-order chi connectivity index (χ0) is 10.6. The number of hydrogen-bond acceptors (Lipinski definition) is 5. The Balaban J connectivity index is 3.02. The molecule has 0 aliphatic carbocycles. The molecule has 0 rings (SSSR count). The lowest BCUT2D eigenvalue weighted by Crippen LogP contribution is -2.00. The van der Waals surface area contributed by atoms with Crippen LogP contribution >= 0.6 is 0 Å². The predicted molar refractivity (Wildman–Crippen MR) is 53.7 cm³/mol. The molecule has 0 saturated carbocycles. The number of nitrogens with zero attached hydrogens (tertiary/aromatic N) is 1. The number of nitrogens with two attached hydrogens (primary N) is 1. The van der Waals surface area contributed by atoms with Gasteiger partial charge in [-0.1, -0.05) is 11.6 Å². The lowest BCUT2D eigenvalue weighted by atomic mass is 10.2. The van der Waals surface area contributed by atoms with Crippen LogP contribution in [0, 0.1) is 0 Å². The fourth-order valence-electron chi connectivity index (χ4n) is 0.870. The van der Waals surface area contributed by atoms with E-state index in [0.717, 1.165) is 25.7 Å². The summed E-state index contributed by atoms with van der Waals surface area (Å²) in [6.07, 6.45) is 5.19. The highest BCUT2D eigenvalue weighted by molar-refractivity contribution is 6.26. The zero-order valence-electron chi connectivity index (χ0n) is 8.57. The van der Waals surface area contributed by atoms with E-state index in [9.17, 15) is 4.79 Å². The van der Waals surface area contributed by atoms with Crippen molar-refractivity contribution >= 4 is 12.0 Å². The largest absolute Gasteiger partial charge is 0.396 e. The van der Waals surface area contributed by atoms with Gasteiger partial charge in [-0.05, 0) is 19.3 Å². The second-order valence-electron chi connectivity index (χ2n) is 2.96. The Bertz CT molecular complexity index is 171. The maximum absolute atomic E-state index is 10.4. The van der Waals surface area contributed by atoms with E-state index >= 15 is 0 Å². The molecule has 0 spiro atoms. The molecule has 0 atom stereocenters. The van der Waals surface area contributed by atoms with Gasteiger partial charge in [-0.25, -0.2) is 5.90 Å². The molecule has 0 unspecified atom stereocenters. The van der Waals surface area contributed by atoms with E-state index in [-0.39, 0.29) is 5.78 Å². The quantitative estimate of drug-likeness (QED) is 0.344. The average molecular weight is 202 g/mol. The van der Waals surface area contributed by atoms with Crippen molar-refractivity contribution < 1.29 is 14.5 Å². The van der Waals surface area contributed by atoms with Crippen LogP contribution in [0.15, 0.2) is 5.16 Å². The van der Waals surface area contributed by atoms with E-state index in [4.69, 9.17) is 10.7 Å². The predicted octanol–water partition coefficient (Wildman–Crippen LogP) is 1.03. The Labute approximate surface area is 84.2 Å². The van der Waals surface area contributed by atoms with Crippen molar-refractivity contribution in [3.63, 3.8) is 0 Å². The first kappa shape index (κ1) is 13.1. The van der Waals surface area contributed by atoms with Crippen LogP contribution in [0.1, 0.15) is 32.6 Å². The number of oxime groups is 1. The Morgan fingerprint density at radius 2 is 1.93 bits per heavy atom. The molecule has 0 aromatic heterocycles. The molecule has 0 aromatic carbocycles. The topological polar surface area (TPSA) is 73.9 Å². The van der Waals surface area contributed by atoms with Gasteiger partial charge < -0.3 is 9.68 Å². The highest BCUT2D eigenvalue weighted by Crippen LogP contribution is 1.99. The summed E-state index contributed by atoms with van der Waals surface area (Å²) in [7, 11) is 0. The summed E-state index contributed by atoms with van der Waals surface area (Å²) >= 11 is 0. The first-order chi connectivity index (χ1) is 6.77. The van der Waals surface area contributed by atoms with E-state index in [1.807, 2.05) is 0 Å². The van der Waals surface area contributed by atoms with Crippen molar-refractivity contribution in [3.8, 4) is 0 Å². The molecule has 0 bridgehead atoms. The number of hydrogen-bond donors (Lipinski definition) is 1. The minimum Gasteiger partial charge on any atom is -0.396 e. The number of carbonyl (C=O) groups excluding carboxylic acids is 1. The van der Waals surface area contributed by atoms with Gasteiger partial charge in [0, 0.05) is 6.92 Å². The van der Waals surface area contributed by atoms with Crippen molar-refractivity contribution in [3.05, 3.63) is 0 Å². The molecule has 5 nitrogen and oxygen atoms in total. The molecule has 0 radical (unpaired) electrons. The second-order valence-corrected chi connectivity index (χ2v) is 2.96. The fourth-order valence-corrected chi connectivity index (χ4v) is 0.870. The summed E-state index contributed by atoms with van der Waals surface area (Å²) in [5.74, 6) is 4.76. The normalized spacial score (nSPS) is 10.7. The number of carbonyl (C=O) groups is 1. The van der Waals surface area contributed by atoms with Gasteiger partial charge in [0.1, 0.15) is 12.8 Å². The Hall–Kier alpha value is -0.940. The average Bonchev–Trinajstić information content (AvgIpc) is 2.15. The third-order valence-electron chi connectivity index (χ3n) is 1.56. The maximum Gasteiger partial charge on any atom is 0.174 e. The number of unbranched alkanes of at least 4 members (excludes halogenated alkanes) is 3. The van der Waals surface area contributed by atoms with Crippen LogP contribution < -0.4 is 5.90 Å². The third-order valence-corrected chi connectivity index (χ3v) is 1.56. The van der Waals surface area contributed by atoms with E-state index in [1.165, 1.54) is 13.1 Å². The van der Waals surface area contributed by atoms with Crippen LogP contribution in [0.25, 0.3) is 0 Å². The molecular weight excluding hydrogens is 184 g/mol. The van der Waals surface area contributed by atoms with E-state index in [0.29, 0.717) is 13.2 Å². The number of Topliss-reactive ketones (excluding diaryl/α,β-unsaturated/α-hetero) is 1. The molecule has 0 saturated heterocycles. The molecule has 0 heterocycles. The first-order valence-corrected chi connectivity index (χ1v) is 4.75. The number of rotatable bonds is 9. The van der Waals surface area contributed by atoms with E-state index in [2.05, 4.69) is 9.99 Å². The van der Waals surface area contributed by atoms with E-state index in [1.54, 1.807) is 0 Å². The van der Waals surface area contributed by atoms with Gasteiger partial charge in [0.15, 0.2) is 5.78 Å². The fraction of sp³-hybridized carbons (Fsp3) is 0.778. The molecule has 0 aromatic rings. The van der Waals surface area contributed by atoms with Gasteiger partial charge in [0.25, 0.3) is 0 Å². The van der Waals surface area contributed by atoms with Crippen molar-refractivity contribution in [2.45, 2.75) is 32.6 Å². The third kappa shape index (κ3) is 11.1. The molecule has 2 N–H and O–H groups in total. The highest BCUT2D eigenvalue weighted by Gasteiger charge is 1.90. The van der Waals surface area contributed by atoms with Crippen molar-refractivity contribution in [1.29, 1.82) is 0 Å². The van der Waals surface area contributed by atoms with Gasteiger partial charge >= 0.3 is 0 Å². The van der Waals surface area contributed by atoms with Crippen LogP contribution in [0.4, 0.5) is 0 Å². The summed E-state index contributed by atoms with van der Waals surface area (Å²) in [6, 6.07) is 0. The zero-order valence-corrected chi connectivity index (χ0v) is 8.57. The molecule has 0 amide bonds. The summed E-state index contributed by atoms with van der Waals surface area (Å²) in [4.78, 5) is 19.7. The first-order valence-electron chi connectivity index (χ1n) is 4.75. The van der Waals surface area contributed by atoms with Crippen LogP contribution in [0.3, 0.4) is 0 Å². The number of ketones is 1. The van der Waals surface area contributed by atoms with Gasteiger partial charge in [-0.2, -0.15) is 0 Å². The van der Waals surface area contributed by atoms with Gasteiger partial charge in [0.2, 0.25) is 0 Å². The van der Waals surface area contributed by atoms with Crippen LogP contribution in [0.2, 0.25) is 0 Å². The Morgan fingerprint density at radius 3 is 2.50 bits per heavy atom. The molecule has 82 valence electrons. The van der Waals surface area contributed by atoms with Crippen LogP contribution in [0.5, 0.6) is 0 Å². The molecule has 5 heteroatoms. The highest BCUT2D eigenvalue weighted by atomic mass is 16.6. The minimum absolute atomic E-state index is 0.106. The van der Waals surface area contributed by atoms with Crippen molar-refractivity contribution in [1.82, 2.24) is 0 Å². The monoisotopic (exact) mass is 202 g/mol. The standard InChI is InChI=1S/C9H18N2O3/c1-9(12)8-11-14-7-5-3-2-4-6-13-10/h8H,2-7,10H2,1H3/b11-8+. The Morgan fingerprint density at radius 1 is 1.29 bits per heavy atom. The smallest absolute Gasteiger partial charge is 0.174 e. The minimum atomic E-state index is -0.106. The lowest BCUT2D eigenvalue weighted by Gasteiger charge is -1.99. The molecule has 0 fully saturated rings. The Kier molecular flexibility index (Phi) is 9.46. The summed E-state index contributed by atoms with van der Waals surface area (Å²) in [5.41, 5.74) is 0. The maximum atomic E-state index is 10.4. The summed E-state index contributed by atoms with van der Waals surface area (Å²) in [5, 5.41) is 3.49. The van der Waals surface area contributed by atoms with Gasteiger partial charge in [0.05, 0.1) is 6.61 Å². The molecule has 14 heavy (non-hydrogen) atoms. The summed E-state index contributed by atoms with van der Waals surface area (Å²) in [6.45, 7) is 2.58. The van der Waals surface area contributed by atoms with E-state index < -0.39 is 0 Å². The van der Waals surface area contributed by atoms with Gasteiger partial charge in [-0.3, -0.25) is 4.79 Å². The van der Waals surface area contributed by atoms with Crippen LogP contribution in [-0.2, 0) is 14.5 Å². The molecule has 0 aliphatic heterocycles. The molecular formula is C9H18N2O3. The second kappa shape index (κ2) is 10.1. The van der Waals surface area contributed by atoms with Crippen molar-refractivity contribution in [2.75, 3.05) is 13.2 Å².